The summed E-state index contributed by atoms with van der Waals surface area (Å²) in [5.41, 5.74) is 0. The second-order valence-corrected chi connectivity index (χ2v) is 5.06. The Labute approximate surface area is 127 Å². The van der Waals surface area contributed by atoms with Crippen LogP contribution in [0.4, 0.5) is 0 Å². The van der Waals surface area contributed by atoms with Crippen LogP contribution in [0, 0.1) is 11.8 Å². The van der Waals surface area contributed by atoms with Gasteiger partial charge in [-0.25, -0.2) is 0 Å². The Morgan fingerprint density at radius 2 is 1.81 bits per heavy atom. The van der Waals surface area contributed by atoms with Crippen molar-refractivity contribution in [2.75, 3.05) is 40.0 Å². The molecule has 0 aromatic carbocycles. The van der Waals surface area contributed by atoms with Gasteiger partial charge in [-0.1, -0.05) is 20.8 Å². The van der Waals surface area contributed by atoms with E-state index in [2.05, 4.69) is 0 Å². The number of aliphatic hydroxyl groups is 1. The Hall–Kier alpha value is -1.14. The van der Waals surface area contributed by atoms with E-state index in [0.29, 0.717) is 19.7 Å². The number of aliphatic hydroxyl groups excluding tert-OH is 1. The van der Waals surface area contributed by atoms with E-state index < -0.39 is 0 Å². The predicted molar refractivity (Wildman–Crippen MR) is 79.7 cm³/mol. The van der Waals surface area contributed by atoms with Crippen LogP contribution in [0.3, 0.4) is 0 Å². The zero-order valence-electron chi connectivity index (χ0n) is 13.6. The van der Waals surface area contributed by atoms with Crippen molar-refractivity contribution in [3.8, 4) is 0 Å². The molecule has 0 aliphatic carbocycles. The van der Waals surface area contributed by atoms with Crippen molar-refractivity contribution >= 4 is 11.9 Å². The number of ether oxygens (including phenoxy) is 2. The number of amides is 1. The number of rotatable bonds is 11. The molecule has 0 heterocycles. The molecule has 0 saturated heterocycles. The minimum Gasteiger partial charge on any atom is -0.469 e. The standard InChI is InChI=1S/C15H29NO5/c1-5-13(6-2)14(18)16(7-9-21-10-8-17)11-12(3)15(19)20-4/h12-13,17H,5-11H2,1-4H3. The molecule has 0 rings (SSSR count). The molecule has 1 unspecified atom stereocenters. The Kier molecular flexibility index (Phi) is 10.9. The highest BCUT2D eigenvalue weighted by Crippen LogP contribution is 2.14. The van der Waals surface area contributed by atoms with Gasteiger partial charge in [-0.2, -0.15) is 0 Å². The number of esters is 1. The summed E-state index contributed by atoms with van der Waals surface area (Å²) < 4.78 is 9.93. The van der Waals surface area contributed by atoms with Crippen LogP contribution in [0.15, 0.2) is 0 Å². The maximum atomic E-state index is 12.5. The summed E-state index contributed by atoms with van der Waals surface area (Å²) in [6, 6.07) is 0. The van der Waals surface area contributed by atoms with E-state index in [1.54, 1.807) is 11.8 Å². The van der Waals surface area contributed by atoms with Crippen molar-refractivity contribution < 1.29 is 24.2 Å². The van der Waals surface area contributed by atoms with E-state index in [9.17, 15) is 9.59 Å². The predicted octanol–water partition coefficient (Wildman–Crippen LogP) is 1.07. The summed E-state index contributed by atoms with van der Waals surface area (Å²) in [7, 11) is 1.34. The van der Waals surface area contributed by atoms with Crippen LogP contribution in [-0.2, 0) is 19.1 Å². The SMILES string of the molecule is CCC(CC)C(=O)N(CCOCCO)CC(C)C(=O)OC. The maximum absolute atomic E-state index is 12.5. The van der Waals surface area contributed by atoms with E-state index in [0.717, 1.165) is 12.8 Å². The molecule has 0 spiro atoms. The lowest BCUT2D eigenvalue weighted by molar-refractivity contribution is -0.147. The van der Waals surface area contributed by atoms with Gasteiger partial charge in [-0.15, -0.1) is 0 Å². The van der Waals surface area contributed by atoms with Gasteiger partial charge in [0.25, 0.3) is 0 Å². The Morgan fingerprint density at radius 3 is 2.29 bits per heavy atom. The van der Waals surface area contributed by atoms with Gasteiger partial charge < -0.3 is 19.5 Å². The van der Waals surface area contributed by atoms with Crippen LogP contribution in [0.5, 0.6) is 0 Å². The van der Waals surface area contributed by atoms with Gasteiger partial charge in [0.05, 0.1) is 32.8 Å². The average molecular weight is 303 g/mol. The largest absolute Gasteiger partial charge is 0.469 e. The number of carbonyl (C=O) groups excluding carboxylic acids is 2. The third-order valence-electron chi connectivity index (χ3n) is 3.49. The van der Waals surface area contributed by atoms with Crippen molar-refractivity contribution in [1.82, 2.24) is 4.90 Å². The number of methoxy groups -OCH3 is 1. The lowest BCUT2D eigenvalue weighted by Gasteiger charge is -2.28. The van der Waals surface area contributed by atoms with E-state index >= 15 is 0 Å². The molecule has 6 heteroatoms. The minimum absolute atomic E-state index is 0.0345. The molecule has 0 aromatic heterocycles. The summed E-state index contributed by atoms with van der Waals surface area (Å²) >= 11 is 0. The van der Waals surface area contributed by atoms with Crippen molar-refractivity contribution in [3.63, 3.8) is 0 Å². The highest BCUT2D eigenvalue weighted by Gasteiger charge is 2.25. The first-order valence-corrected chi connectivity index (χ1v) is 7.56. The van der Waals surface area contributed by atoms with Gasteiger partial charge >= 0.3 is 5.97 Å². The fourth-order valence-electron chi connectivity index (χ4n) is 2.14. The van der Waals surface area contributed by atoms with Gasteiger partial charge in [-0.3, -0.25) is 9.59 Å². The lowest BCUT2D eigenvalue weighted by atomic mass is 10.0. The highest BCUT2D eigenvalue weighted by molar-refractivity contribution is 5.80. The Bertz CT molecular complexity index is 304. The Balaban J connectivity index is 4.66. The molecule has 1 amide bonds. The second kappa shape index (κ2) is 11.5. The molecule has 0 fully saturated rings. The van der Waals surface area contributed by atoms with Crippen LogP contribution in [0.2, 0.25) is 0 Å². The van der Waals surface area contributed by atoms with Crippen LogP contribution in [0.25, 0.3) is 0 Å². The fraction of sp³-hybridized carbons (Fsp3) is 0.867. The summed E-state index contributed by atoms with van der Waals surface area (Å²) in [6.45, 7) is 7.00. The molecule has 0 aliphatic heterocycles. The molecule has 0 saturated carbocycles. The minimum atomic E-state index is -0.369. The number of hydrogen-bond acceptors (Lipinski definition) is 5. The average Bonchev–Trinajstić information content (AvgIpc) is 2.50. The monoisotopic (exact) mass is 303 g/mol. The molecule has 0 radical (unpaired) electrons. The summed E-state index contributed by atoms with van der Waals surface area (Å²) in [4.78, 5) is 25.7. The zero-order chi connectivity index (χ0) is 16.3. The van der Waals surface area contributed by atoms with Gasteiger partial charge in [-0.05, 0) is 12.8 Å². The fourth-order valence-corrected chi connectivity index (χ4v) is 2.14. The van der Waals surface area contributed by atoms with E-state index in [-0.39, 0.29) is 36.9 Å². The van der Waals surface area contributed by atoms with Crippen LogP contribution >= 0.6 is 0 Å². The summed E-state index contributed by atoms with van der Waals surface area (Å²) in [6.07, 6.45) is 1.55. The molecule has 0 aliphatic rings. The smallest absolute Gasteiger partial charge is 0.310 e. The third-order valence-corrected chi connectivity index (χ3v) is 3.49. The quantitative estimate of drug-likeness (QED) is 0.456. The highest BCUT2D eigenvalue weighted by atomic mass is 16.5. The van der Waals surface area contributed by atoms with Crippen molar-refractivity contribution in [2.24, 2.45) is 11.8 Å². The number of carbonyl (C=O) groups is 2. The van der Waals surface area contributed by atoms with Gasteiger partial charge in [0.15, 0.2) is 0 Å². The first kappa shape index (κ1) is 19.9. The van der Waals surface area contributed by atoms with Crippen molar-refractivity contribution in [1.29, 1.82) is 0 Å². The maximum Gasteiger partial charge on any atom is 0.310 e. The Morgan fingerprint density at radius 1 is 1.19 bits per heavy atom. The van der Waals surface area contributed by atoms with Crippen molar-refractivity contribution in [3.05, 3.63) is 0 Å². The molecular formula is C15H29NO5. The molecule has 124 valence electrons. The van der Waals surface area contributed by atoms with Gasteiger partial charge in [0, 0.05) is 19.0 Å². The lowest BCUT2D eigenvalue weighted by Crippen LogP contribution is -2.42. The van der Waals surface area contributed by atoms with Gasteiger partial charge in [0.1, 0.15) is 0 Å². The first-order chi connectivity index (χ1) is 10.0. The topological polar surface area (TPSA) is 76.1 Å². The van der Waals surface area contributed by atoms with Crippen LogP contribution in [-0.4, -0.2) is 61.9 Å². The molecule has 6 nitrogen and oxygen atoms in total. The first-order valence-electron chi connectivity index (χ1n) is 7.56. The molecule has 1 atom stereocenters. The van der Waals surface area contributed by atoms with Crippen LogP contribution in [0.1, 0.15) is 33.6 Å². The van der Waals surface area contributed by atoms with Gasteiger partial charge in [0.2, 0.25) is 5.91 Å². The number of hydrogen-bond donors (Lipinski definition) is 1. The summed E-state index contributed by atoms with van der Waals surface area (Å²) in [5, 5.41) is 8.69. The van der Waals surface area contributed by atoms with E-state index in [1.165, 1.54) is 7.11 Å². The van der Waals surface area contributed by atoms with Crippen molar-refractivity contribution in [2.45, 2.75) is 33.6 Å². The second-order valence-electron chi connectivity index (χ2n) is 5.06. The normalized spacial score (nSPS) is 12.3. The third kappa shape index (κ3) is 7.43. The van der Waals surface area contributed by atoms with E-state index in [4.69, 9.17) is 14.6 Å². The summed E-state index contributed by atoms with van der Waals surface area (Å²) in [5.74, 6) is -0.684. The molecule has 0 aromatic rings. The molecular weight excluding hydrogens is 274 g/mol. The number of nitrogens with zero attached hydrogens (tertiary/aromatic N) is 1. The molecule has 0 bridgehead atoms. The zero-order valence-corrected chi connectivity index (χ0v) is 13.6. The van der Waals surface area contributed by atoms with E-state index in [1.807, 2.05) is 13.8 Å². The molecule has 1 N–H and O–H groups in total. The van der Waals surface area contributed by atoms with Crippen LogP contribution < -0.4 is 0 Å². The molecule has 21 heavy (non-hydrogen) atoms.